The zero-order chi connectivity index (χ0) is 13.1. The Hall–Kier alpha value is -0.830. The van der Waals surface area contributed by atoms with Crippen molar-refractivity contribution in [2.45, 2.75) is 31.7 Å². The third-order valence-corrected chi connectivity index (χ3v) is 5.02. The van der Waals surface area contributed by atoms with Crippen molar-refractivity contribution in [2.24, 2.45) is 0 Å². The van der Waals surface area contributed by atoms with Crippen LogP contribution in [0.5, 0.6) is 0 Å². The molecular formula is C16H18ClNS. The maximum Gasteiger partial charge on any atom is 0.0406 e. The molecule has 1 atom stereocenters. The zero-order valence-corrected chi connectivity index (χ0v) is 12.4. The molecule has 1 aromatic carbocycles. The van der Waals surface area contributed by atoms with Crippen LogP contribution in [0, 0.1) is 0 Å². The van der Waals surface area contributed by atoms with E-state index in [2.05, 4.69) is 28.9 Å². The normalized spacial score (nSPS) is 18.3. The van der Waals surface area contributed by atoms with E-state index in [0.717, 1.165) is 18.0 Å². The van der Waals surface area contributed by atoms with Crippen molar-refractivity contribution in [3.05, 3.63) is 56.7 Å². The third-order valence-electron chi connectivity index (χ3n) is 3.77. The Labute approximate surface area is 123 Å². The third kappa shape index (κ3) is 3.19. The molecule has 0 spiro atoms. The van der Waals surface area contributed by atoms with E-state index in [9.17, 15) is 0 Å². The highest BCUT2D eigenvalue weighted by atomic mass is 35.5. The van der Waals surface area contributed by atoms with Crippen molar-refractivity contribution in [1.82, 2.24) is 5.32 Å². The van der Waals surface area contributed by atoms with Crippen LogP contribution in [-0.4, -0.2) is 6.54 Å². The molecule has 2 aromatic rings. The van der Waals surface area contributed by atoms with Gasteiger partial charge in [0, 0.05) is 15.9 Å². The van der Waals surface area contributed by atoms with E-state index in [-0.39, 0.29) is 0 Å². The van der Waals surface area contributed by atoms with E-state index in [1.165, 1.54) is 30.4 Å². The summed E-state index contributed by atoms with van der Waals surface area (Å²) in [5.74, 6) is 0. The van der Waals surface area contributed by atoms with Gasteiger partial charge in [-0.25, -0.2) is 0 Å². The van der Waals surface area contributed by atoms with E-state index < -0.39 is 0 Å². The van der Waals surface area contributed by atoms with E-state index in [4.69, 9.17) is 11.6 Å². The van der Waals surface area contributed by atoms with Crippen LogP contribution >= 0.6 is 22.9 Å². The van der Waals surface area contributed by atoms with Crippen LogP contribution in [0.15, 0.2) is 35.7 Å². The predicted octanol–water partition coefficient (Wildman–Crippen LogP) is 4.61. The van der Waals surface area contributed by atoms with E-state index in [1.807, 2.05) is 23.5 Å². The minimum absolute atomic E-state index is 0.558. The first-order valence-electron chi connectivity index (χ1n) is 6.87. The van der Waals surface area contributed by atoms with Crippen LogP contribution in [0.25, 0.3) is 0 Å². The Morgan fingerprint density at radius 1 is 1.21 bits per heavy atom. The fourth-order valence-corrected chi connectivity index (χ4v) is 3.85. The van der Waals surface area contributed by atoms with Crippen LogP contribution in [-0.2, 0) is 12.8 Å². The highest BCUT2D eigenvalue weighted by Crippen LogP contribution is 2.33. The second kappa shape index (κ2) is 6.08. The van der Waals surface area contributed by atoms with Gasteiger partial charge >= 0.3 is 0 Å². The van der Waals surface area contributed by atoms with Crippen LogP contribution in [0.1, 0.15) is 34.9 Å². The summed E-state index contributed by atoms with van der Waals surface area (Å²) in [6.07, 6.45) is 4.91. The molecule has 3 rings (SSSR count). The molecule has 1 heterocycles. The molecule has 1 unspecified atom stereocenters. The van der Waals surface area contributed by atoms with Gasteiger partial charge in [0.15, 0.2) is 0 Å². The maximum atomic E-state index is 5.90. The number of rotatable bonds is 4. The Balaban J connectivity index is 1.55. The number of aryl methyl sites for hydroxylation is 1. The van der Waals surface area contributed by atoms with Crippen molar-refractivity contribution in [2.75, 3.05) is 6.54 Å². The molecule has 0 fully saturated rings. The monoisotopic (exact) mass is 291 g/mol. The average Bonchev–Trinajstić information content (AvgIpc) is 2.90. The highest BCUT2D eigenvalue weighted by Gasteiger charge is 2.20. The fraction of sp³-hybridized carbons (Fsp3) is 0.375. The Bertz CT molecular complexity index is 532. The molecule has 1 N–H and O–H groups in total. The summed E-state index contributed by atoms with van der Waals surface area (Å²) in [6.45, 7) is 1.03. The highest BCUT2D eigenvalue weighted by molar-refractivity contribution is 7.10. The van der Waals surface area contributed by atoms with Crippen molar-refractivity contribution < 1.29 is 0 Å². The largest absolute Gasteiger partial charge is 0.310 e. The average molecular weight is 292 g/mol. The lowest BCUT2D eigenvalue weighted by Crippen LogP contribution is -2.26. The topological polar surface area (TPSA) is 12.0 Å². The van der Waals surface area contributed by atoms with Crippen LogP contribution in [0.3, 0.4) is 0 Å². The first-order valence-corrected chi connectivity index (χ1v) is 8.13. The zero-order valence-electron chi connectivity index (χ0n) is 10.9. The second-order valence-corrected chi connectivity index (χ2v) is 6.51. The number of thiophene rings is 1. The SMILES string of the molecule is Clc1ccc(CCNC2CCCc3sccc32)cc1. The summed E-state index contributed by atoms with van der Waals surface area (Å²) in [5, 5.41) is 6.74. The van der Waals surface area contributed by atoms with Crippen LogP contribution in [0.2, 0.25) is 5.02 Å². The molecule has 0 saturated carbocycles. The molecule has 100 valence electrons. The Morgan fingerprint density at radius 3 is 2.89 bits per heavy atom. The maximum absolute atomic E-state index is 5.90. The minimum Gasteiger partial charge on any atom is -0.310 e. The smallest absolute Gasteiger partial charge is 0.0406 e. The number of hydrogen-bond donors (Lipinski definition) is 1. The summed E-state index contributed by atoms with van der Waals surface area (Å²) in [5.41, 5.74) is 2.88. The molecule has 19 heavy (non-hydrogen) atoms. The van der Waals surface area contributed by atoms with E-state index in [0.29, 0.717) is 6.04 Å². The van der Waals surface area contributed by atoms with Gasteiger partial charge in [-0.15, -0.1) is 11.3 Å². The lowest BCUT2D eigenvalue weighted by molar-refractivity contribution is 0.467. The van der Waals surface area contributed by atoms with Gasteiger partial charge in [-0.05, 0) is 66.9 Å². The summed E-state index contributed by atoms with van der Waals surface area (Å²) in [4.78, 5) is 1.58. The second-order valence-electron chi connectivity index (χ2n) is 5.07. The van der Waals surface area contributed by atoms with Crippen molar-refractivity contribution in [3.8, 4) is 0 Å². The molecule has 1 nitrogen and oxygen atoms in total. The number of fused-ring (bicyclic) bond motifs is 1. The van der Waals surface area contributed by atoms with Gasteiger partial charge in [-0.3, -0.25) is 0 Å². The lowest BCUT2D eigenvalue weighted by atomic mass is 9.94. The van der Waals surface area contributed by atoms with Gasteiger partial charge in [0.2, 0.25) is 0 Å². The van der Waals surface area contributed by atoms with E-state index in [1.54, 1.807) is 4.88 Å². The van der Waals surface area contributed by atoms with Crippen molar-refractivity contribution >= 4 is 22.9 Å². The van der Waals surface area contributed by atoms with Gasteiger partial charge in [-0.2, -0.15) is 0 Å². The van der Waals surface area contributed by atoms with E-state index >= 15 is 0 Å². The fourth-order valence-electron chi connectivity index (χ4n) is 2.74. The molecule has 3 heteroatoms. The summed E-state index contributed by atoms with van der Waals surface area (Å²) in [7, 11) is 0. The molecule has 1 aliphatic rings. The van der Waals surface area contributed by atoms with Gasteiger partial charge in [0.1, 0.15) is 0 Å². The Morgan fingerprint density at radius 2 is 2.05 bits per heavy atom. The summed E-state index contributed by atoms with van der Waals surface area (Å²) >= 11 is 7.80. The molecule has 0 aliphatic heterocycles. The van der Waals surface area contributed by atoms with Gasteiger partial charge < -0.3 is 5.32 Å². The minimum atomic E-state index is 0.558. The van der Waals surface area contributed by atoms with Crippen LogP contribution < -0.4 is 5.32 Å². The van der Waals surface area contributed by atoms with Crippen LogP contribution in [0.4, 0.5) is 0 Å². The molecule has 0 radical (unpaired) electrons. The first-order chi connectivity index (χ1) is 9.33. The quantitative estimate of drug-likeness (QED) is 0.867. The van der Waals surface area contributed by atoms with Gasteiger partial charge in [-0.1, -0.05) is 23.7 Å². The number of halogens is 1. The molecular weight excluding hydrogens is 274 g/mol. The summed E-state index contributed by atoms with van der Waals surface area (Å²) in [6, 6.07) is 11.0. The van der Waals surface area contributed by atoms with Crippen molar-refractivity contribution in [3.63, 3.8) is 0 Å². The molecule has 0 saturated heterocycles. The van der Waals surface area contributed by atoms with Gasteiger partial charge in [0.25, 0.3) is 0 Å². The molecule has 0 bridgehead atoms. The predicted molar refractivity (Wildman–Crippen MR) is 83.2 cm³/mol. The standard InChI is InChI=1S/C16H18ClNS/c17-13-6-4-12(5-7-13)8-10-18-15-2-1-3-16-14(15)9-11-19-16/h4-7,9,11,15,18H,1-3,8,10H2. The summed E-state index contributed by atoms with van der Waals surface area (Å²) < 4.78 is 0. The lowest BCUT2D eigenvalue weighted by Gasteiger charge is -2.23. The Kier molecular flexibility index (Phi) is 4.21. The molecule has 1 aromatic heterocycles. The van der Waals surface area contributed by atoms with Gasteiger partial charge in [0.05, 0.1) is 0 Å². The molecule has 1 aliphatic carbocycles. The molecule has 0 amide bonds. The number of benzene rings is 1. The number of hydrogen-bond acceptors (Lipinski definition) is 2. The first kappa shape index (κ1) is 13.2. The number of nitrogens with one attached hydrogen (secondary N) is 1. The van der Waals surface area contributed by atoms with Crippen molar-refractivity contribution in [1.29, 1.82) is 0 Å².